The molecule has 8 aromatic carbocycles. The number of nitrogens with zero attached hydrogens (tertiary/aromatic N) is 12. The monoisotopic (exact) mass is 2720 g/mol. The number of aliphatic hydroxyl groups is 1. The number of aliphatic hydroxyl groups excluding tert-OH is 1. The lowest BCUT2D eigenvalue weighted by molar-refractivity contribution is -0.385. The Morgan fingerprint density at radius 2 is 0.844 bits per heavy atom. The Morgan fingerprint density at radius 3 is 1.16 bits per heavy atom. The number of halogens is 22. The first-order valence-electron chi connectivity index (χ1n) is 38.7. The summed E-state index contributed by atoms with van der Waals surface area (Å²) in [4.78, 5) is 50.0. The van der Waals surface area contributed by atoms with Crippen molar-refractivity contribution < 1.29 is 125 Å². The molecule has 8 aromatic rings. The fourth-order valence-corrected chi connectivity index (χ4v) is 18.5. The van der Waals surface area contributed by atoms with E-state index in [1.165, 1.54) is 19.1 Å². The number of nitro benzene ring substituents is 3. The number of carbonyl (C=O) groups is 1. The van der Waals surface area contributed by atoms with Gasteiger partial charge in [-0.1, -0.05) is 92.1 Å². The largest absolute Gasteiger partial charge is 0.454 e. The summed E-state index contributed by atoms with van der Waals surface area (Å²) in [6.45, 7) is 21.7. The van der Waals surface area contributed by atoms with E-state index in [9.17, 15) is 113 Å². The SMILES string of the molecule is CC.CC#N.CCO.CS(=O)(=O)N(c1cc(F)c(CC#N)c(Br)c1Cl)S(C)(=O)=O.CS(=O)(=O)Nc1cc(F)c(CC2=NCCN2)c(Br)c1Cl.CS(=O)(=O)Nc1cc(F)c(CC2=NCCN2)c(Br)c1Cl.Cl.N#CCc1c(F)cc(N)c(Cl)c1Br.N#CCc1c(F)cc(N)cc1Br.N#CCc1c(F)cc([N+](=O)[O-])cc1Br.O=S(=O)(O)O.O=[N+]([O-])c1cc(F)c(F)c(Br)c1.O=[N+]([O-])c1ccc(F)c(F)c1.[C-]#[N+]CC(=O)OC(C)(C)C. The molecule has 11 N–H and O–H groups in total. The predicted octanol–water partition coefficient (Wildman–Crippen LogP) is 21.1. The van der Waals surface area contributed by atoms with Gasteiger partial charge in [0, 0.05) is 130 Å². The molecule has 0 aromatic heterocycles. The van der Waals surface area contributed by atoms with Gasteiger partial charge in [-0.25, -0.2) is 88.9 Å². The van der Waals surface area contributed by atoms with Gasteiger partial charge >= 0.3 is 22.9 Å². The lowest BCUT2D eigenvalue weighted by Crippen LogP contribution is -2.35. The molecule has 0 aliphatic carbocycles. The van der Waals surface area contributed by atoms with Crippen molar-refractivity contribution in [2.45, 2.75) is 92.6 Å². The van der Waals surface area contributed by atoms with Crippen LogP contribution in [0.2, 0.25) is 20.1 Å². The first kappa shape index (κ1) is 143. The van der Waals surface area contributed by atoms with Crippen LogP contribution in [0.5, 0.6) is 0 Å². The van der Waals surface area contributed by atoms with Crippen LogP contribution >= 0.6 is 170 Å². The van der Waals surface area contributed by atoms with E-state index >= 15 is 0 Å². The Kier molecular flexibility index (Phi) is 67.0. The van der Waals surface area contributed by atoms with Gasteiger partial charge in [-0.15, -0.1) is 12.4 Å². The zero-order chi connectivity index (χ0) is 114. The molecule has 2 aliphatic heterocycles. The molecular formula is C81H82Br7Cl5F10N18O21S5. The molecule has 39 nitrogen and oxygen atoms in total. The van der Waals surface area contributed by atoms with Crippen LogP contribution in [0.25, 0.3) is 4.85 Å². The molecule has 0 fully saturated rings. The molecule has 0 saturated heterocycles. The van der Waals surface area contributed by atoms with Crippen LogP contribution < -0.4 is 35.3 Å². The van der Waals surface area contributed by atoms with Crippen molar-refractivity contribution in [2.24, 2.45) is 9.98 Å². The third kappa shape index (κ3) is 54.9. The molecule has 66 heteroatoms. The topological polar surface area (TPSA) is 639 Å². The number of esters is 1. The van der Waals surface area contributed by atoms with Gasteiger partial charge in [0.1, 0.15) is 52.2 Å². The van der Waals surface area contributed by atoms with E-state index < -0.39 is 152 Å². The first-order chi connectivity index (χ1) is 67.2. The second-order valence-electron chi connectivity index (χ2n) is 27.6. The van der Waals surface area contributed by atoms with Gasteiger partial charge in [-0.3, -0.25) is 58.9 Å². The highest BCUT2D eigenvalue weighted by molar-refractivity contribution is 9.11. The van der Waals surface area contributed by atoms with E-state index in [1.54, 1.807) is 52.0 Å². The molecular weight excluding hydrogens is 2650 g/mol. The predicted molar refractivity (Wildman–Crippen MR) is 562 cm³/mol. The summed E-state index contributed by atoms with van der Waals surface area (Å²) in [6, 6.07) is 21.2. The molecule has 0 spiro atoms. The molecule has 0 atom stereocenters. The number of carbonyl (C=O) groups excluding carboxylic acids is 1. The Hall–Kier alpha value is -9.95. The van der Waals surface area contributed by atoms with Crippen molar-refractivity contribution in [2.75, 3.05) is 89.0 Å². The number of non-ortho nitro benzene ring substituents is 3. The maximum atomic E-state index is 14.1. The summed E-state index contributed by atoms with van der Waals surface area (Å²) in [5.74, 6) is -7.50. The van der Waals surface area contributed by atoms with Crippen molar-refractivity contribution >= 4 is 284 Å². The van der Waals surface area contributed by atoms with E-state index in [0.29, 0.717) is 102 Å². The van der Waals surface area contributed by atoms with Crippen LogP contribution in [-0.4, -0.2) is 159 Å². The van der Waals surface area contributed by atoms with Crippen LogP contribution in [0.15, 0.2) is 120 Å². The number of rotatable bonds is 19. The Balaban J connectivity index is -0.000000777. The number of nitrogen functional groups attached to an aromatic ring is 2. The number of nitrogens with one attached hydrogen (secondary N) is 4. The normalized spacial score (nSPS) is 11.1. The number of nitro groups is 3. The molecule has 0 bridgehead atoms. The molecule has 0 unspecified atom stereocenters. The van der Waals surface area contributed by atoms with E-state index in [-0.39, 0.29) is 141 Å². The van der Waals surface area contributed by atoms with Crippen molar-refractivity contribution in [3.63, 3.8) is 0 Å². The maximum absolute atomic E-state index is 14.1. The maximum Gasteiger partial charge on any atom is 0.394 e. The minimum absolute atomic E-state index is 0. The Bertz CT molecular complexity index is 6760. The van der Waals surface area contributed by atoms with Crippen LogP contribution in [-0.2, 0) is 98.5 Å². The van der Waals surface area contributed by atoms with Crippen molar-refractivity contribution in [3.8, 4) is 30.3 Å². The number of benzene rings is 8. The van der Waals surface area contributed by atoms with E-state index in [0.717, 1.165) is 62.0 Å². The van der Waals surface area contributed by atoms with E-state index in [4.69, 9.17) is 118 Å². The third-order valence-electron chi connectivity index (χ3n) is 15.0. The molecule has 806 valence electrons. The summed E-state index contributed by atoms with van der Waals surface area (Å²) in [5.41, 5.74) is 10.3. The smallest absolute Gasteiger partial charge is 0.394 e. The number of nitriles is 5. The number of sulfonamides is 4. The van der Waals surface area contributed by atoms with Crippen LogP contribution in [0, 0.1) is 152 Å². The molecule has 10 rings (SSSR count). The number of ether oxygens (including phenoxy) is 1. The van der Waals surface area contributed by atoms with Gasteiger partial charge < -0.3 is 36.8 Å². The van der Waals surface area contributed by atoms with Crippen LogP contribution in [0.4, 0.5) is 89.4 Å². The summed E-state index contributed by atoms with van der Waals surface area (Å²) >= 11 is 45.0. The summed E-state index contributed by atoms with van der Waals surface area (Å²) in [5, 5.41) is 85.3. The molecule has 0 amide bonds. The van der Waals surface area contributed by atoms with E-state index in [2.05, 4.69) is 146 Å². The molecule has 0 radical (unpaired) electrons. The molecule has 0 saturated carbocycles. The fraction of sp³-hybridized carbons (Fsp3) is 0.296. The van der Waals surface area contributed by atoms with Crippen LogP contribution in [0.1, 0.15) is 81.8 Å². The highest BCUT2D eigenvalue weighted by Crippen LogP contribution is 2.42. The first-order valence-corrected chi connectivity index (χ1v) is 54.6. The lowest BCUT2D eigenvalue weighted by Gasteiger charge is -2.22. The number of amidine groups is 2. The Morgan fingerprint density at radius 1 is 0.524 bits per heavy atom. The van der Waals surface area contributed by atoms with Crippen molar-refractivity contribution in [3.05, 3.63) is 264 Å². The average Bonchev–Trinajstić information content (AvgIpc) is 0.868. The van der Waals surface area contributed by atoms with Crippen molar-refractivity contribution in [1.82, 2.24) is 10.6 Å². The minimum Gasteiger partial charge on any atom is -0.454 e. The minimum atomic E-state index is -4.67. The highest BCUT2D eigenvalue weighted by atomic mass is 79.9. The second kappa shape index (κ2) is 68.7. The number of aliphatic imine (C=N–C) groups is 2. The average molecular weight is 2730 g/mol. The van der Waals surface area contributed by atoms with Gasteiger partial charge in [0.25, 0.3) is 17.1 Å². The zero-order valence-corrected chi connectivity index (χ0v) is 96.1. The summed E-state index contributed by atoms with van der Waals surface area (Å²) < 4.78 is 265. The second-order valence-corrected chi connectivity index (χ2v) is 43.1. The Labute approximate surface area is 922 Å². The lowest BCUT2D eigenvalue weighted by atomic mass is 10.1. The fourth-order valence-electron chi connectivity index (χ4n) is 9.59. The number of hydrogen-bond donors (Lipinski definition) is 9. The number of hydrogen-bond acceptors (Lipinski definition) is 30. The summed E-state index contributed by atoms with van der Waals surface area (Å²) in [7, 11) is -20.2. The third-order valence-corrected chi connectivity index (χ3v) is 27.4. The van der Waals surface area contributed by atoms with Gasteiger partial charge in [-0.05, 0) is 144 Å². The number of nitrogens with two attached hydrogens (primary N) is 2. The number of anilines is 5. The standard InChI is InChI=1S/2C11H12BrClFN3O2S.C10H9BrClFN2O4S2.C8H5BrClFN2.C8H4BrFN2O2.C8H6BrFN2.C7H11NO2.C6H2BrF2NO2.C6H3F2NO2.C2H3N.C2H6O.C2H6.ClH.H2O4S/c2*1-20(18,19)17-8-5-7(14)6(10(12)11(8)13)4-9-15-2-3-16-9;1-20(16,17)15(21(2,18)19)8-5-7(13)6(3-4-14)9(11)10(8)12;9-7-4(1-2-12)5(11)3-6(13)8(7)10;9-7-3-5(12(13)14)4-8(10)6(7)1-2-11;9-7-3-5(12)4-8(10)6(7)1-2-11;1-7(2,3)10-6(9)5-8-4;7-4-1-3(10(11)12)2-5(8)6(4)9;7-5-2-1-4(9(10)11)3-6(5)8;2*1-2-3;1-2;;1-5(2,3)4/h2*5,17H,2-4H2,1H3,(H,15,16);5H,3H2,1-2H3;3H,1,13H2;3-4H,1H2;3-4H,1,12H2;5H2,1-3H3;1-2H;1-3H;1H3;3H,2H2,1H3;1-2H3;1H;(H2,1,2,3,4). The quantitative estimate of drug-likeness (QED) is 0.00418. The molecule has 147 heavy (non-hydrogen) atoms. The zero-order valence-electron chi connectivity index (χ0n) is 77.1. The summed E-state index contributed by atoms with van der Waals surface area (Å²) in [6.07, 6.45) is 3.36. The van der Waals surface area contributed by atoms with E-state index in [1.807, 2.05) is 26.0 Å². The van der Waals surface area contributed by atoms with Gasteiger partial charge in [0.2, 0.25) is 40.1 Å². The van der Waals surface area contributed by atoms with Gasteiger partial charge in [0.05, 0.1) is 174 Å². The van der Waals surface area contributed by atoms with Crippen LogP contribution in [0.3, 0.4) is 0 Å². The van der Waals surface area contributed by atoms with Gasteiger partial charge in [-0.2, -0.15) is 38.4 Å². The van der Waals surface area contributed by atoms with Crippen molar-refractivity contribution in [1.29, 1.82) is 26.3 Å². The molecule has 2 aliphatic rings. The van der Waals surface area contributed by atoms with Gasteiger partial charge in [0.15, 0.2) is 23.3 Å². The highest BCUT2D eigenvalue weighted by Gasteiger charge is 2.33. The molecule has 2 heterocycles.